The number of halogens is 1. The number of nitrogens with zero attached hydrogens (tertiary/aromatic N) is 3. The fourth-order valence-electron chi connectivity index (χ4n) is 3.77. The highest BCUT2D eigenvalue weighted by Gasteiger charge is 2.38. The van der Waals surface area contributed by atoms with Crippen molar-refractivity contribution in [1.29, 1.82) is 0 Å². The van der Waals surface area contributed by atoms with Gasteiger partial charge in [-0.3, -0.25) is 14.5 Å². The Labute approximate surface area is 156 Å². The number of aromatic nitrogens is 2. The third-order valence-corrected chi connectivity index (χ3v) is 5.19. The largest absolute Gasteiger partial charge is 0.277 e. The molecule has 5 nitrogen and oxygen atoms in total. The summed E-state index contributed by atoms with van der Waals surface area (Å²) < 4.78 is 4.26. The van der Waals surface area contributed by atoms with Gasteiger partial charge in [0.1, 0.15) is 6.54 Å². The van der Waals surface area contributed by atoms with E-state index in [4.69, 9.17) is 11.6 Å². The Morgan fingerprint density at radius 1 is 1.00 bits per heavy atom. The Bertz CT molecular complexity index is 1020. The molecule has 1 aliphatic heterocycles. The number of rotatable bonds is 4. The van der Waals surface area contributed by atoms with E-state index in [9.17, 15) is 9.59 Å². The summed E-state index contributed by atoms with van der Waals surface area (Å²) in [6.07, 6.45) is 0. The van der Waals surface area contributed by atoms with Crippen LogP contribution < -0.4 is 4.57 Å². The first kappa shape index (κ1) is 16.8. The predicted octanol–water partition coefficient (Wildman–Crippen LogP) is 3.42. The van der Waals surface area contributed by atoms with Gasteiger partial charge in [0.05, 0.1) is 24.2 Å². The number of imide groups is 1. The van der Waals surface area contributed by atoms with Gasteiger partial charge in [0.2, 0.25) is 0 Å². The number of imidazole rings is 1. The Morgan fingerprint density at radius 2 is 1.65 bits per heavy atom. The lowest BCUT2D eigenvalue weighted by atomic mass is 10.1. The molecule has 2 aromatic carbocycles. The quantitative estimate of drug-likeness (QED) is 0.523. The molecule has 0 bridgehead atoms. The molecule has 0 N–H and O–H groups in total. The molecule has 0 spiro atoms. The molecule has 0 aliphatic carbocycles. The molecule has 0 saturated heterocycles. The van der Waals surface area contributed by atoms with Crippen LogP contribution in [0.2, 0.25) is 5.02 Å². The highest BCUT2D eigenvalue weighted by Crippen LogP contribution is 2.26. The van der Waals surface area contributed by atoms with E-state index < -0.39 is 0 Å². The number of hydrogen-bond donors (Lipinski definition) is 0. The Balaban J connectivity index is 1.83. The van der Waals surface area contributed by atoms with Crippen LogP contribution in [0, 0.1) is 0 Å². The van der Waals surface area contributed by atoms with Crippen LogP contribution in [0.3, 0.4) is 0 Å². The summed E-state index contributed by atoms with van der Waals surface area (Å²) in [5, 5.41) is 0.667. The van der Waals surface area contributed by atoms with Gasteiger partial charge in [-0.2, -0.15) is 0 Å². The van der Waals surface area contributed by atoms with Crippen LogP contribution in [0.5, 0.6) is 0 Å². The minimum atomic E-state index is -0.237. The summed E-state index contributed by atoms with van der Waals surface area (Å²) >= 11 is 6.19. The normalized spacial score (nSPS) is 13.7. The summed E-state index contributed by atoms with van der Waals surface area (Å²) in [4.78, 5) is 26.8. The second-order valence-corrected chi connectivity index (χ2v) is 6.72. The van der Waals surface area contributed by atoms with E-state index in [0.717, 1.165) is 29.9 Å². The van der Waals surface area contributed by atoms with Crippen molar-refractivity contribution >= 4 is 34.4 Å². The van der Waals surface area contributed by atoms with E-state index in [0.29, 0.717) is 16.1 Å². The summed E-state index contributed by atoms with van der Waals surface area (Å²) in [5.41, 5.74) is 3.00. The van der Waals surface area contributed by atoms with E-state index in [1.165, 1.54) is 4.90 Å². The summed E-state index contributed by atoms with van der Waals surface area (Å²) in [7, 11) is 0. The number of fused-ring (bicyclic) bond motifs is 2. The molecule has 4 rings (SSSR count). The van der Waals surface area contributed by atoms with Crippen molar-refractivity contribution in [2.45, 2.75) is 33.5 Å². The zero-order valence-corrected chi connectivity index (χ0v) is 15.5. The number of carbonyl (C=O) groups excluding carboxylic acids is 2. The van der Waals surface area contributed by atoms with Gasteiger partial charge in [-0.15, -0.1) is 0 Å². The monoisotopic (exact) mass is 368 g/mol. The van der Waals surface area contributed by atoms with Crippen LogP contribution in [0.1, 0.15) is 40.4 Å². The third-order valence-electron chi connectivity index (χ3n) is 4.95. The smallest absolute Gasteiger partial charge is 0.269 e. The molecule has 3 aromatic rings. The van der Waals surface area contributed by atoms with E-state index in [-0.39, 0.29) is 18.4 Å². The van der Waals surface area contributed by atoms with E-state index in [1.54, 1.807) is 24.3 Å². The molecule has 0 unspecified atom stereocenters. The Kier molecular flexibility index (Phi) is 4.04. The molecule has 2 amide bonds. The summed E-state index contributed by atoms with van der Waals surface area (Å²) in [5.74, 6) is 0.445. The molecule has 0 atom stereocenters. The lowest BCUT2D eigenvalue weighted by molar-refractivity contribution is -0.677. The van der Waals surface area contributed by atoms with Gasteiger partial charge >= 0.3 is 0 Å². The predicted molar refractivity (Wildman–Crippen MR) is 99.1 cm³/mol. The average Bonchev–Trinajstić information content (AvgIpc) is 3.08. The molecule has 0 saturated carbocycles. The molecule has 1 aromatic heterocycles. The highest BCUT2D eigenvalue weighted by molar-refractivity contribution is 6.31. The van der Waals surface area contributed by atoms with E-state index in [2.05, 4.69) is 16.1 Å². The van der Waals surface area contributed by atoms with Gasteiger partial charge < -0.3 is 0 Å². The van der Waals surface area contributed by atoms with Crippen LogP contribution in [0.4, 0.5) is 0 Å². The molecule has 1 aliphatic rings. The summed E-state index contributed by atoms with van der Waals surface area (Å²) in [6.45, 7) is 5.80. The number of carbonyl (C=O) groups is 2. The second kappa shape index (κ2) is 6.25. The average molecular weight is 369 g/mol. The standard InChI is InChI=1S/C20H19ClN3O2/c1-3-22-16-10-9-13(21)11-17(16)23(4-2)18(22)12-24-19(25)14-7-5-6-8-15(14)20(24)26/h5-11H,3-4,12H2,1-2H3/q+1. The maximum atomic E-state index is 12.7. The van der Waals surface area contributed by atoms with Crippen molar-refractivity contribution < 1.29 is 14.2 Å². The molecule has 26 heavy (non-hydrogen) atoms. The van der Waals surface area contributed by atoms with E-state index in [1.807, 2.05) is 25.1 Å². The van der Waals surface area contributed by atoms with Crippen LogP contribution in [0.15, 0.2) is 42.5 Å². The van der Waals surface area contributed by atoms with Crippen LogP contribution in [0.25, 0.3) is 11.0 Å². The Hall–Kier alpha value is -2.66. The minimum absolute atomic E-state index is 0.236. The fraction of sp³-hybridized carbons (Fsp3) is 0.250. The SMILES string of the molecule is CCn1c(CN2C(=O)c3ccccc3C2=O)[n+](CC)c2ccc(Cl)cc21. The van der Waals surface area contributed by atoms with Gasteiger partial charge in [0, 0.05) is 11.1 Å². The summed E-state index contributed by atoms with van der Waals surface area (Å²) in [6, 6.07) is 12.8. The van der Waals surface area contributed by atoms with Gasteiger partial charge in [-0.25, -0.2) is 9.13 Å². The molecular weight excluding hydrogens is 350 g/mol. The Morgan fingerprint density at radius 3 is 2.23 bits per heavy atom. The van der Waals surface area contributed by atoms with Crippen molar-refractivity contribution in [3.05, 3.63) is 64.4 Å². The van der Waals surface area contributed by atoms with Crippen LogP contribution >= 0.6 is 11.6 Å². The number of amides is 2. The lowest BCUT2D eigenvalue weighted by Crippen LogP contribution is -2.41. The molecule has 2 heterocycles. The minimum Gasteiger partial charge on any atom is -0.269 e. The first-order chi connectivity index (χ1) is 12.6. The topological polar surface area (TPSA) is 46.2 Å². The molecule has 132 valence electrons. The van der Waals surface area contributed by atoms with Gasteiger partial charge in [-0.05, 0) is 38.1 Å². The molecular formula is C20H19ClN3O2+. The number of aryl methyl sites for hydroxylation is 2. The second-order valence-electron chi connectivity index (χ2n) is 6.28. The van der Waals surface area contributed by atoms with Crippen molar-refractivity contribution in [1.82, 2.24) is 9.47 Å². The highest BCUT2D eigenvalue weighted by atomic mass is 35.5. The van der Waals surface area contributed by atoms with Crippen LogP contribution in [-0.4, -0.2) is 21.3 Å². The van der Waals surface area contributed by atoms with Gasteiger partial charge in [-0.1, -0.05) is 23.7 Å². The van der Waals surface area contributed by atoms with Crippen LogP contribution in [-0.2, 0) is 19.6 Å². The number of hydrogen-bond acceptors (Lipinski definition) is 2. The first-order valence-electron chi connectivity index (χ1n) is 8.72. The van der Waals surface area contributed by atoms with Gasteiger partial charge in [0.15, 0.2) is 11.0 Å². The van der Waals surface area contributed by atoms with Crippen molar-refractivity contribution in [3.8, 4) is 0 Å². The number of benzene rings is 2. The molecule has 0 fully saturated rings. The third kappa shape index (κ3) is 2.35. The first-order valence-corrected chi connectivity index (χ1v) is 9.10. The lowest BCUT2D eigenvalue weighted by Gasteiger charge is -2.12. The van der Waals surface area contributed by atoms with Crippen molar-refractivity contribution in [2.75, 3.05) is 0 Å². The zero-order chi connectivity index (χ0) is 18.4. The fourth-order valence-corrected chi connectivity index (χ4v) is 3.93. The van der Waals surface area contributed by atoms with Crippen molar-refractivity contribution in [2.24, 2.45) is 0 Å². The zero-order valence-electron chi connectivity index (χ0n) is 14.7. The van der Waals surface area contributed by atoms with E-state index >= 15 is 0 Å². The molecule has 0 radical (unpaired) electrons. The van der Waals surface area contributed by atoms with Gasteiger partial charge in [0.25, 0.3) is 17.6 Å². The maximum Gasteiger partial charge on any atom is 0.277 e. The van der Waals surface area contributed by atoms with Crippen molar-refractivity contribution in [3.63, 3.8) is 0 Å². The maximum absolute atomic E-state index is 12.7. The molecule has 6 heteroatoms.